The van der Waals surface area contributed by atoms with Crippen molar-refractivity contribution in [2.45, 2.75) is 91.0 Å². The Kier molecular flexibility index (Phi) is 17.1. The van der Waals surface area contributed by atoms with Crippen molar-refractivity contribution >= 4 is 34.6 Å². The summed E-state index contributed by atoms with van der Waals surface area (Å²) in [4.78, 5) is 56.0. The van der Waals surface area contributed by atoms with Gasteiger partial charge in [0.1, 0.15) is 42.0 Å². The second kappa shape index (κ2) is 22.6. The van der Waals surface area contributed by atoms with Gasteiger partial charge in [-0.25, -0.2) is 4.79 Å². The Bertz CT molecular complexity index is 2330. The summed E-state index contributed by atoms with van der Waals surface area (Å²) < 4.78 is 16.1. The van der Waals surface area contributed by atoms with Gasteiger partial charge in [0.05, 0.1) is 26.4 Å². The Morgan fingerprint density at radius 1 is 0.656 bits per heavy atom. The van der Waals surface area contributed by atoms with Crippen LogP contribution in [0.4, 0.5) is 4.79 Å². The third kappa shape index (κ3) is 13.4. The van der Waals surface area contributed by atoms with Gasteiger partial charge in [-0.1, -0.05) is 120 Å². The lowest BCUT2D eigenvalue weighted by Gasteiger charge is -2.35. The molecule has 5 aromatic carbocycles. The molecule has 64 heavy (non-hydrogen) atoms. The molecule has 0 aromatic heterocycles. The SMILES string of the molecule is COc1ccc(CNC(C(=O)NC(C(=O)NCc2ccc(OC)cc2O)C(C)C)C(O)C(Cc2ccccc2)NC(=O)C(NC(=O)OCc2cccc3ccccc23)C(C)(C)C)cc1. The first-order valence-electron chi connectivity index (χ1n) is 21.3. The minimum absolute atomic E-state index is 0.0274. The number of carbonyl (C=O) groups excluding carboxylic acids is 4. The van der Waals surface area contributed by atoms with E-state index in [0.717, 1.165) is 27.5 Å². The normalized spacial score (nSPS) is 13.8. The van der Waals surface area contributed by atoms with Crippen LogP contribution in [0.15, 0.2) is 115 Å². The number of hydrogen-bond acceptors (Lipinski definition) is 10. The number of amides is 4. The summed E-state index contributed by atoms with van der Waals surface area (Å²) in [5.41, 5.74) is 1.95. The lowest BCUT2D eigenvalue weighted by Crippen LogP contribution is -2.63. The fourth-order valence-corrected chi connectivity index (χ4v) is 7.25. The molecule has 5 aromatic rings. The zero-order valence-corrected chi connectivity index (χ0v) is 37.5. The van der Waals surface area contributed by atoms with Crippen LogP contribution in [0.25, 0.3) is 10.8 Å². The Morgan fingerprint density at radius 2 is 1.31 bits per heavy atom. The summed E-state index contributed by atoms with van der Waals surface area (Å²) in [6.45, 7) is 9.00. The van der Waals surface area contributed by atoms with E-state index in [1.807, 2.05) is 84.9 Å². The topological polar surface area (TPSA) is 197 Å². The van der Waals surface area contributed by atoms with Gasteiger partial charge in [-0.05, 0) is 69.5 Å². The summed E-state index contributed by atoms with van der Waals surface area (Å²) >= 11 is 0. The van der Waals surface area contributed by atoms with E-state index < -0.39 is 65.4 Å². The largest absolute Gasteiger partial charge is 0.507 e. The highest BCUT2D eigenvalue weighted by atomic mass is 16.5. The minimum Gasteiger partial charge on any atom is -0.507 e. The van der Waals surface area contributed by atoms with E-state index in [0.29, 0.717) is 17.1 Å². The average molecular weight is 876 g/mol. The van der Waals surface area contributed by atoms with Crippen molar-refractivity contribution in [2.24, 2.45) is 11.3 Å². The zero-order valence-electron chi connectivity index (χ0n) is 37.5. The molecule has 0 aliphatic carbocycles. The number of aliphatic hydroxyl groups is 1. The Morgan fingerprint density at radius 3 is 1.97 bits per heavy atom. The molecular weight excluding hydrogens is 815 g/mol. The van der Waals surface area contributed by atoms with Crippen molar-refractivity contribution in [3.05, 3.63) is 138 Å². The third-order valence-corrected chi connectivity index (χ3v) is 11.0. The smallest absolute Gasteiger partial charge is 0.408 e. The van der Waals surface area contributed by atoms with Gasteiger partial charge in [-0.3, -0.25) is 19.7 Å². The summed E-state index contributed by atoms with van der Waals surface area (Å²) in [6, 6.07) is 29.9. The molecule has 14 heteroatoms. The van der Waals surface area contributed by atoms with E-state index in [9.17, 15) is 29.4 Å². The van der Waals surface area contributed by atoms with Crippen LogP contribution in [0.1, 0.15) is 56.9 Å². The molecule has 5 rings (SSSR count). The van der Waals surface area contributed by atoms with Gasteiger partial charge in [0, 0.05) is 24.7 Å². The summed E-state index contributed by atoms with van der Waals surface area (Å²) in [5.74, 6) is -1.19. The maximum absolute atomic E-state index is 14.5. The summed E-state index contributed by atoms with van der Waals surface area (Å²) in [6.07, 6.45) is -2.28. The standard InChI is InChI=1S/C50H61N5O9/c1-31(2)42(46(58)52-29-35-22-25-38(63-7)27-41(35)56)54-47(59)43(51-28-33-20-23-37(62-6)24-21-33)44(57)40(26-32-14-9-8-10-15-32)53-48(60)45(50(3,4)5)55-49(61)64-30-36-18-13-17-34-16-11-12-19-39(34)36/h8-25,27,31,40,42-45,51,56-57H,26,28-30H2,1-7H3,(H,52,58)(H,53,60)(H,54,59)(H,55,61). The molecule has 5 unspecified atom stereocenters. The number of aliphatic hydroxyl groups excluding tert-OH is 1. The van der Waals surface area contributed by atoms with E-state index in [1.54, 1.807) is 66.0 Å². The average Bonchev–Trinajstić information content (AvgIpc) is 3.28. The van der Waals surface area contributed by atoms with Gasteiger partial charge in [0.2, 0.25) is 17.7 Å². The predicted molar refractivity (Wildman–Crippen MR) is 245 cm³/mol. The molecule has 4 amide bonds. The van der Waals surface area contributed by atoms with E-state index in [-0.39, 0.29) is 31.9 Å². The quantitative estimate of drug-likeness (QED) is 0.0494. The highest BCUT2D eigenvalue weighted by Crippen LogP contribution is 2.25. The van der Waals surface area contributed by atoms with Crippen LogP contribution in [0.3, 0.4) is 0 Å². The van der Waals surface area contributed by atoms with E-state index in [1.165, 1.54) is 13.2 Å². The second-order valence-corrected chi connectivity index (χ2v) is 17.1. The Hall–Kier alpha value is -6.64. The number of nitrogens with one attached hydrogen (secondary N) is 5. The molecular formula is C50H61N5O9. The number of phenols is 1. The summed E-state index contributed by atoms with van der Waals surface area (Å²) in [7, 11) is 3.04. The maximum Gasteiger partial charge on any atom is 0.408 e. The molecule has 0 saturated heterocycles. The maximum atomic E-state index is 14.5. The number of methoxy groups -OCH3 is 2. The first-order valence-corrected chi connectivity index (χ1v) is 21.3. The molecule has 0 aliphatic rings. The van der Waals surface area contributed by atoms with Crippen LogP contribution in [-0.2, 0) is 45.2 Å². The van der Waals surface area contributed by atoms with E-state index in [2.05, 4.69) is 26.6 Å². The first kappa shape index (κ1) is 48.4. The fraction of sp³-hybridized carbons (Fsp3) is 0.360. The molecule has 340 valence electrons. The molecule has 0 saturated carbocycles. The monoisotopic (exact) mass is 875 g/mol. The van der Waals surface area contributed by atoms with Crippen molar-refractivity contribution in [1.82, 2.24) is 26.6 Å². The molecule has 0 radical (unpaired) electrons. The molecule has 0 fully saturated rings. The van der Waals surface area contributed by atoms with Gasteiger partial charge < -0.3 is 45.7 Å². The molecule has 14 nitrogen and oxygen atoms in total. The number of rotatable bonds is 20. The fourth-order valence-electron chi connectivity index (χ4n) is 7.25. The van der Waals surface area contributed by atoms with Gasteiger partial charge in [-0.2, -0.15) is 0 Å². The lowest BCUT2D eigenvalue weighted by atomic mass is 9.85. The van der Waals surface area contributed by atoms with E-state index >= 15 is 0 Å². The van der Waals surface area contributed by atoms with Crippen LogP contribution < -0.4 is 36.1 Å². The molecule has 0 bridgehead atoms. The van der Waals surface area contributed by atoms with Crippen LogP contribution in [0.5, 0.6) is 17.2 Å². The second-order valence-electron chi connectivity index (χ2n) is 17.1. The highest BCUT2D eigenvalue weighted by molar-refractivity contribution is 5.91. The Balaban J connectivity index is 1.39. The number of aromatic hydroxyl groups is 1. The number of alkyl carbamates (subject to hydrolysis) is 1. The minimum atomic E-state index is -1.58. The number of carbonyl (C=O) groups is 4. The lowest BCUT2D eigenvalue weighted by molar-refractivity contribution is -0.134. The summed E-state index contributed by atoms with van der Waals surface area (Å²) in [5, 5.41) is 39.3. The van der Waals surface area contributed by atoms with Crippen LogP contribution >= 0.6 is 0 Å². The molecule has 7 N–H and O–H groups in total. The van der Waals surface area contributed by atoms with Crippen molar-refractivity contribution < 1.29 is 43.6 Å². The number of benzene rings is 5. The Labute approximate surface area is 375 Å². The number of ether oxygens (including phenoxy) is 3. The van der Waals surface area contributed by atoms with Crippen LogP contribution in [0, 0.1) is 11.3 Å². The third-order valence-electron chi connectivity index (χ3n) is 11.0. The van der Waals surface area contributed by atoms with Crippen LogP contribution in [0.2, 0.25) is 0 Å². The van der Waals surface area contributed by atoms with Gasteiger partial charge in [-0.15, -0.1) is 0 Å². The zero-order chi connectivity index (χ0) is 46.4. The van der Waals surface area contributed by atoms with E-state index in [4.69, 9.17) is 14.2 Å². The van der Waals surface area contributed by atoms with Crippen molar-refractivity contribution in [3.8, 4) is 17.2 Å². The highest BCUT2D eigenvalue weighted by Gasteiger charge is 2.40. The van der Waals surface area contributed by atoms with Crippen LogP contribution in [-0.4, -0.2) is 78.5 Å². The van der Waals surface area contributed by atoms with Crippen molar-refractivity contribution in [3.63, 3.8) is 0 Å². The van der Waals surface area contributed by atoms with Crippen molar-refractivity contribution in [1.29, 1.82) is 0 Å². The molecule has 0 heterocycles. The first-order chi connectivity index (χ1) is 30.6. The molecule has 0 spiro atoms. The number of phenolic OH excluding ortho intramolecular Hbond substituents is 1. The number of hydrogen-bond donors (Lipinski definition) is 7. The van der Waals surface area contributed by atoms with Gasteiger partial charge in [0.15, 0.2) is 0 Å². The van der Waals surface area contributed by atoms with Gasteiger partial charge in [0.25, 0.3) is 0 Å². The van der Waals surface area contributed by atoms with Crippen molar-refractivity contribution in [2.75, 3.05) is 14.2 Å². The molecule has 0 aliphatic heterocycles. The van der Waals surface area contributed by atoms with Gasteiger partial charge >= 0.3 is 6.09 Å². The molecule has 5 atom stereocenters. The predicted octanol–water partition coefficient (Wildman–Crippen LogP) is 5.91. The number of fused-ring (bicyclic) bond motifs is 1.